The van der Waals surface area contributed by atoms with Crippen molar-refractivity contribution in [2.24, 2.45) is 4.99 Å². The third-order valence-corrected chi connectivity index (χ3v) is 2.56. The quantitative estimate of drug-likeness (QED) is 0.596. The van der Waals surface area contributed by atoms with Crippen molar-refractivity contribution in [1.82, 2.24) is 5.16 Å². The molecule has 0 unspecified atom stereocenters. The predicted molar refractivity (Wildman–Crippen MR) is 63.4 cm³/mol. The summed E-state index contributed by atoms with van der Waals surface area (Å²) in [5.41, 5.74) is 2.82. The van der Waals surface area contributed by atoms with E-state index in [1.54, 1.807) is 0 Å². The number of hydrogen-bond donors (Lipinski definition) is 0. The molecule has 0 aliphatic rings. The highest BCUT2D eigenvalue weighted by Gasteiger charge is 2.13. The van der Waals surface area contributed by atoms with Gasteiger partial charge in [-0.05, 0) is 13.3 Å². The summed E-state index contributed by atoms with van der Waals surface area (Å²) in [6.45, 7) is 2.29. The molecule has 0 spiro atoms. The molecule has 86 valence electrons. The molecule has 0 atom stereocenters. The summed E-state index contributed by atoms with van der Waals surface area (Å²) >= 11 is 0. The molecule has 17 heavy (non-hydrogen) atoms. The maximum Gasteiger partial charge on any atom is 0.234 e. The Morgan fingerprint density at radius 3 is 2.82 bits per heavy atom. The fourth-order valence-electron chi connectivity index (χ4n) is 1.71. The summed E-state index contributed by atoms with van der Waals surface area (Å²) in [5.74, 6) is 0.754. The molecule has 1 aromatic carbocycles. The molecule has 2 rings (SSSR count). The largest absolute Gasteiger partial charge is 0.356 e. The predicted octanol–water partition coefficient (Wildman–Crippen LogP) is 2.53. The molecule has 0 saturated carbocycles. The number of aliphatic imine (C=N–C) groups is 1. The van der Waals surface area contributed by atoms with Crippen LogP contribution in [0.25, 0.3) is 11.3 Å². The van der Waals surface area contributed by atoms with E-state index in [0.29, 0.717) is 13.0 Å². The maximum absolute atomic E-state index is 10.0. The van der Waals surface area contributed by atoms with Crippen molar-refractivity contribution >= 4 is 6.08 Å². The first-order valence-corrected chi connectivity index (χ1v) is 5.37. The van der Waals surface area contributed by atoms with Gasteiger partial charge < -0.3 is 4.52 Å². The number of nitrogens with zero attached hydrogens (tertiary/aromatic N) is 2. The molecular weight excluding hydrogens is 216 g/mol. The van der Waals surface area contributed by atoms with Crippen molar-refractivity contribution in [2.45, 2.75) is 13.3 Å². The van der Waals surface area contributed by atoms with Crippen LogP contribution in [0.3, 0.4) is 0 Å². The number of rotatable bonds is 4. The Kier molecular flexibility index (Phi) is 3.48. The zero-order valence-corrected chi connectivity index (χ0v) is 9.51. The van der Waals surface area contributed by atoms with Crippen LogP contribution >= 0.6 is 0 Å². The lowest BCUT2D eigenvalue weighted by Crippen LogP contribution is -1.92. The van der Waals surface area contributed by atoms with E-state index >= 15 is 0 Å². The minimum absolute atomic E-state index is 0.408. The van der Waals surface area contributed by atoms with Crippen LogP contribution in [-0.2, 0) is 11.2 Å². The Labute approximate surface area is 99.0 Å². The van der Waals surface area contributed by atoms with Gasteiger partial charge >= 0.3 is 0 Å². The summed E-state index contributed by atoms with van der Waals surface area (Å²) in [7, 11) is 0. The van der Waals surface area contributed by atoms with Gasteiger partial charge in [0.15, 0.2) is 5.76 Å². The van der Waals surface area contributed by atoms with Crippen LogP contribution in [0.4, 0.5) is 0 Å². The van der Waals surface area contributed by atoms with Crippen molar-refractivity contribution in [3.05, 3.63) is 41.6 Å². The van der Waals surface area contributed by atoms with Crippen molar-refractivity contribution in [3.8, 4) is 11.3 Å². The van der Waals surface area contributed by atoms with Gasteiger partial charge in [0.25, 0.3) is 0 Å². The van der Waals surface area contributed by atoms with Gasteiger partial charge in [0.1, 0.15) is 0 Å². The second kappa shape index (κ2) is 5.23. The molecule has 0 saturated heterocycles. The number of benzene rings is 1. The smallest absolute Gasteiger partial charge is 0.234 e. The maximum atomic E-state index is 10.0. The lowest BCUT2D eigenvalue weighted by molar-refractivity contribution is 0.426. The van der Waals surface area contributed by atoms with Gasteiger partial charge in [0.2, 0.25) is 6.08 Å². The van der Waals surface area contributed by atoms with Crippen LogP contribution < -0.4 is 0 Å². The lowest BCUT2D eigenvalue weighted by atomic mass is 10.0. The fourth-order valence-corrected chi connectivity index (χ4v) is 1.71. The minimum atomic E-state index is 0.408. The SMILES string of the molecule is Cc1noc(-c2ccccc2)c1CCN=C=O. The minimum Gasteiger partial charge on any atom is -0.356 e. The van der Waals surface area contributed by atoms with E-state index in [9.17, 15) is 4.79 Å². The Morgan fingerprint density at radius 2 is 2.12 bits per heavy atom. The van der Waals surface area contributed by atoms with Crippen LogP contribution in [0, 0.1) is 6.92 Å². The number of hydrogen-bond acceptors (Lipinski definition) is 4. The third-order valence-electron chi connectivity index (χ3n) is 2.56. The molecular formula is C13H12N2O2. The molecule has 0 fully saturated rings. The molecule has 0 amide bonds. The number of aryl methyl sites for hydroxylation is 1. The first kappa shape index (κ1) is 11.3. The zero-order chi connectivity index (χ0) is 12.1. The summed E-state index contributed by atoms with van der Waals surface area (Å²) < 4.78 is 5.32. The van der Waals surface area contributed by atoms with E-state index in [2.05, 4.69) is 10.1 Å². The van der Waals surface area contributed by atoms with Gasteiger partial charge in [0, 0.05) is 11.1 Å². The molecule has 1 heterocycles. The summed E-state index contributed by atoms with van der Waals surface area (Å²) in [4.78, 5) is 13.6. The molecule has 0 radical (unpaired) electrons. The van der Waals surface area contributed by atoms with E-state index in [4.69, 9.17) is 4.52 Å². The zero-order valence-electron chi connectivity index (χ0n) is 9.51. The highest BCUT2D eigenvalue weighted by atomic mass is 16.5. The van der Waals surface area contributed by atoms with Gasteiger partial charge in [-0.1, -0.05) is 35.5 Å². The van der Waals surface area contributed by atoms with Crippen LogP contribution in [0.15, 0.2) is 39.8 Å². The van der Waals surface area contributed by atoms with Crippen LogP contribution in [0.2, 0.25) is 0 Å². The van der Waals surface area contributed by atoms with Crippen LogP contribution in [0.5, 0.6) is 0 Å². The molecule has 2 aromatic rings. The Balaban J connectivity index is 2.32. The topological polar surface area (TPSA) is 55.5 Å². The number of aromatic nitrogens is 1. The van der Waals surface area contributed by atoms with E-state index in [1.165, 1.54) is 6.08 Å². The highest BCUT2D eigenvalue weighted by molar-refractivity contribution is 5.61. The molecule has 4 nitrogen and oxygen atoms in total. The first-order chi connectivity index (χ1) is 8.33. The van der Waals surface area contributed by atoms with Crippen molar-refractivity contribution in [2.75, 3.05) is 6.54 Å². The standard InChI is InChI=1S/C13H12N2O2/c1-10-12(7-8-14-9-16)13(17-15-10)11-5-3-2-4-6-11/h2-6H,7-8H2,1H3. The van der Waals surface area contributed by atoms with E-state index in [1.807, 2.05) is 37.3 Å². The molecule has 0 N–H and O–H groups in total. The summed E-state index contributed by atoms with van der Waals surface area (Å²) in [6, 6.07) is 9.77. The van der Waals surface area contributed by atoms with Crippen LogP contribution in [0.1, 0.15) is 11.3 Å². The van der Waals surface area contributed by atoms with Crippen molar-refractivity contribution < 1.29 is 9.32 Å². The first-order valence-electron chi connectivity index (χ1n) is 5.37. The van der Waals surface area contributed by atoms with E-state index in [-0.39, 0.29) is 0 Å². The number of isocyanates is 1. The average Bonchev–Trinajstić information content (AvgIpc) is 2.73. The van der Waals surface area contributed by atoms with Crippen molar-refractivity contribution in [3.63, 3.8) is 0 Å². The van der Waals surface area contributed by atoms with Gasteiger partial charge in [-0.2, -0.15) is 0 Å². The third kappa shape index (κ3) is 2.49. The van der Waals surface area contributed by atoms with E-state index < -0.39 is 0 Å². The molecule has 0 aliphatic heterocycles. The van der Waals surface area contributed by atoms with Gasteiger partial charge in [-0.3, -0.25) is 0 Å². The summed E-state index contributed by atoms with van der Waals surface area (Å²) in [6.07, 6.45) is 2.17. The lowest BCUT2D eigenvalue weighted by Gasteiger charge is -1.99. The summed E-state index contributed by atoms with van der Waals surface area (Å²) in [5, 5.41) is 3.96. The highest BCUT2D eigenvalue weighted by Crippen LogP contribution is 2.26. The van der Waals surface area contributed by atoms with Gasteiger partial charge in [0.05, 0.1) is 12.2 Å². The Hall–Kier alpha value is -2.19. The number of carbonyl (C=O) groups excluding carboxylic acids is 1. The van der Waals surface area contributed by atoms with Crippen LogP contribution in [-0.4, -0.2) is 17.8 Å². The average molecular weight is 228 g/mol. The normalized spacial score (nSPS) is 9.94. The molecule has 0 aliphatic carbocycles. The second-order valence-corrected chi connectivity index (χ2v) is 3.66. The molecule has 0 bridgehead atoms. The van der Waals surface area contributed by atoms with Crippen molar-refractivity contribution in [1.29, 1.82) is 0 Å². The monoisotopic (exact) mass is 228 g/mol. The molecule has 4 heteroatoms. The van der Waals surface area contributed by atoms with Gasteiger partial charge in [-0.15, -0.1) is 0 Å². The Morgan fingerprint density at radius 1 is 1.35 bits per heavy atom. The Bertz CT molecular complexity index is 540. The fraction of sp³-hybridized carbons (Fsp3) is 0.231. The second-order valence-electron chi connectivity index (χ2n) is 3.66. The van der Waals surface area contributed by atoms with E-state index in [0.717, 1.165) is 22.6 Å². The molecule has 1 aromatic heterocycles. The van der Waals surface area contributed by atoms with Gasteiger partial charge in [-0.25, -0.2) is 9.79 Å².